The predicted octanol–water partition coefficient (Wildman–Crippen LogP) is 6.34. The molecule has 2 aliphatic heterocycles. The standard InChI is InChI=1S/C38H39N5O4S/c1-6-48(46,47)32-20-16-29(17-21-32)34(40-27(5)44)36(45)41-31-18-14-30(15-19-31)35-42-37-38(22-8-7-9-33(38)25(3)23-39-37)43(35)26(4)28-12-10-24(2)11-13-28/h7-23,26,34-35H,6H2,1-5H3,(H,40,44)(H,41,45). The van der Waals surface area contributed by atoms with Gasteiger partial charge in [-0.2, -0.15) is 0 Å². The van der Waals surface area contributed by atoms with Gasteiger partial charge in [-0.05, 0) is 72.9 Å². The molecule has 3 aromatic carbocycles. The van der Waals surface area contributed by atoms with Crippen molar-refractivity contribution in [2.45, 2.75) is 63.3 Å². The lowest BCUT2D eigenvalue weighted by Gasteiger charge is -2.45. The summed E-state index contributed by atoms with van der Waals surface area (Å²) in [5.74, 6) is -0.143. The van der Waals surface area contributed by atoms with Crippen molar-refractivity contribution in [3.05, 3.63) is 131 Å². The lowest BCUT2D eigenvalue weighted by Crippen LogP contribution is -2.53. The summed E-state index contributed by atoms with van der Waals surface area (Å²) in [5.41, 5.74) is 5.90. The number of allylic oxidation sites excluding steroid dienone is 3. The molecule has 0 bridgehead atoms. The fourth-order valence-electron chi connectivity index (χ4n) is 6.61. The molecule has 2 amide bonds. The number of hydrogen-bond acceptors (Lipinski definition) is 7. The summed E-state index contributed by atoms with van der Waals surface area (Å²) in [5, 5.41) is 5.60. The van der Waals surface area contributed by atoms with E-state index in [1.165, 1.54) is 30.2 Å². The van der Waals surface area contributed by atoms with E-state index in [2.05, 4.69) is 84.9 Å². The van der Waals surface area contributed by atoms with Gasteiger partial charge in [0.05, 0.1) is 10.6 Å². The second kappa shape index (κ2) is 12.9. The highest BCUT2D eigenvalue weighted by Crippen LogP contribution is 2.51. The number of hydrogen-bond donors (Lipinski definition) is 2. The number of rotatable bonds is 9. The number of dihydropyridines is 1. The van der Waals surface area contributed by atoms with E-state index in [-0.39, 0.29) is 22.9 Å². The van der Waals surface area contributed by atoms with Gasteiger partial charge < -0.3 is 10.6 Å². The van der Waals surface area contributed by atoms with Gasteiger partial charge in [-0.1, -0.05) is 85.3 Å². The van der Waals surface area contributed by atoms with Gasteiger partial charge in [0.2, 0.25) is 5.91 Å². The van der Waals surface area contributed by atoms with Gasteiger partial charge >= 0.3 is 0 Å². The van der Waals surface area contributed by atoms with Gasteiger partial charge in [-0.15, -0.1) is 0 Å². The lowest BCUT2D eigenvalue weighted by atomic mass is 9.78. The first-order valence-corrected chi connectivity index (χ1v) is 17.6. The Bertz CT molecular complexity index is 2010. The summed E-state index contributed by atoms with van der Waals surface area (Å²) in [7, 11) is -3.41. The molecule has 0 saturated carbocycles. The Morgan fingerprint density at radius 1 is 0.938 bits per heavy atom. The minimum atomic E-state index is -3.41. The zero-order valence-electron chi connectivity index (χ0n) is 27.6. The van der Waals surface area contributed by atoms with Crippen LogP contribution in [0.4, 0.5) is 5.69 Å². The monoisotopic (exact) mass is 661 g/mol. The molecular formula is C38H39N5O4S. The molecule has 2 N–H and O–H groups in total. The first kappa shape index (κ1) is 33.0. The number of nitrogens with one attached hydrogen (secondary N) is 2. The summed E-state index contributed by atoms with van der Waals surface area (Å²) in [6.45, 7) is 9.26. The number of sulfone groups is 1. The molecule has 0 radical (unpaired) electrons. The molecule has 1 aliphatic carbocycles. The van der Waals surface area contributed by atoms with Gasteiger partial charge in [0.15, 0.2) is 15.7 Å². The van der Waals surface area contributed by atoms with E-state index in [4.69, 9.17) is 9.98 Å². The Kier molecular flexibility index (Phi) is 8.89. The molecule has 3 aromatic rings. The van der Waals surface area contributed by atoms with Crippen LogP contribution in [0, 0.1) is 6.92 Å². The van der Waals surface area contributed by atoms with Crippen molar-refractivity contribution in [1.29, 1.82) is 0 Å². The van der Waals surface area contributed by atoms with Crippen molar-refractivity contribution < 1.29 is 18.0 Å². The van der Waals surface area contributed by atoms with Crippen molar-refractivity contribution >= 4 is 39.4 Å². The maximum absolute atomic E-state index is 13.5. The highest BCUT2D eigenvalue weighted by Gasteiger charge is 2.54. The lowest BCUT2D eigenvalue weighted by molar-refractivity contribution is -0.125. The normalized spacial score (nSPS) is 21.3. The van der Waals surface area contributed by atoms with Crippen LogP contribution in [0.15, 0.2) is 123 Å². The maximum Gasteiger partial charge on any atom is 0.251 e. The van der Waals surface area contributed by atoms with Crippen molar-refractivity contribution in [1.82, 2.24) is 10.2 Å². The van der Waals surface area contributed by atoms with Crippen LogP contribution in [-0.2, 0) is 19.4 Å². The van der Waals surface area contributed by atoms with Crippen LogP contribution in [0.5, 0.6) is 0 Å². The molecular weight excluding hydrogens is 623 g/mol. The third kappa shape index (κ3) is 5.97. The summed E-state index contributed by atoms with van der Waals surface area (Å²) in [6.07, 6.45) is 9.97. The Hall–Kier alpha value is -4.93. The third-order valence-electron chi connectivity index (χ3n) is 9.20. The Labute approximate surface area is 281 Å². The average Bonchev–Trinajstić information content (AvgIpc) is 3.41. The Morgan fingerprint density at radius 2 is 1.60 bits per heavy atom. The van der Waals surface area contributed by atoms with Gasteiger partial charge in [0, 0.05) is 24.9 Å². The second-order valence-electron chi connectivity index (χ2n) is 12.4. The van der Waals surface area contributed by atoms with E-state index in [0.29, 0.717) is 11.3 Å². The fourth-order valence-corrected chi connectivity index (χ4v) is 7.49. The molecule has 9 nitrogen and oxygen atoms in total. The maximum atomic E-state index is 13.5. The van der Waals surface area contributed by atoms with Crippen LogP contribution < -0.4 is 10.6 Å². The van der Waals surface area contributed by atoms with Crippen LogP contribution in [0.25, 0.3) is 0 Å². The van der Waals surface area contributed by atoms with E-state index in [9.17, 15) is 18.0 Å². The minimum absolute atomic E-state index is 0.0272. The van der Waals surface area contributed by atoms with Gasteiger partial charge in [0.25, 0.3) is 5.91 Å². The molecule has 10 heteroatoms. The van der Waals surface area contributed by atoms with Crippen LogP contribution in [-0.4, -0.2) is 48.5 Å². The summed E-state index contributed by atoms with van der Waals surface area (Å²) in [4.78, 5) is 38.2. The molecule has 1 spiro atoms. The van der Waals surface area contributed by atoms with E-state index in [1.54, 1.807) is 19.1 Å². The van der Waals surface area contributed by atoms with Crippen LogP contribution in [0.2, 0.25) is 0 Å². The quantitative estimate of drug-likeness (QED) is 0.277. The third-order valence-corrected chi connectivity index (χ3v) is 10.9. The number of carbonyl (C=O) groups excluding carboxylic acids is 2. The highest BCUT2D eigenvalue weighted by atomic mass is 32.2. The van der Waals surface area contributed by atoms with Crippen molar-refractivity contribution in [3.8, 4) is 0 Å². The second-order valence-corrected chi connectivity index (χ2v) is 14.7. The molecule has 246 valence electrons. The van der Waals surface area contributed by atoms with Gasteiger partial charge in [-0.3, -0.25) is 14.5 Å². The van der Waals surface area contributed by atoms with Crippen molar-refractivity contribution in [3.63, 3.8) is 0 Å². The number of anilines is 1. The number of aryl methyl sites for hydroxylation is 1. The van der Waals surface area contributed by atoms with Gasteiger partial charge in [0.1, 0.15) is 17.7 Å². The number of carbonyl (C=O) groups is 2. The van der Waals surface area contributed by atoms with Crippen LogP contribution in [0.1, 0.15) is 68.2 Å². The topological polar surface area (TPSA) is 120 Å². The molecule has 0 saturated heterocycles. The number of benzene rings is 3. The minimum Gasteiger partial charge on any atom is -0.341 e. The first-order valence-electron chi connectivity index (χ1n) is 16.0. The zero-order chi connectivity index (χ0) is 34.2. The number of amidine groups is 1. The first-order chi connectivity index (χ1) is 22.9. The molecule has 6 rings (SSSR count). The molecule has 3 aliphatic rings. The number of nitrogens with zero attached hydrogens (tertiary/aromatic N) is 3. The number of aliphatic imine (C=N–C) groups is 2. The molecule has 4 atom stereocenters. The highest BCUT2D eigenvalue weighted by molar-refractivity contribution is 7.91. The fraction of sp³-hybridized carbons (Fsp3) is 0.263. The molecule has 4 unspecified atom stereocenters. The molecule has 48 heavy (non-hydrogen) atoms. The summed E-state index contributed by atoms with van der Waals surface area (Å²) >= 11 is 0. The van der Waals surface area contributed by atoms with E-state index in [0.717, 1.165) is 22.5 Å². The molecule has 0 aromatic heterocycles. The van der Waals surface area contributed by atoms with Crippen LogP contribution in [0.3, 0.4) is 0 Å². The Morgan fingerprint density at radius 3 is 2.25 bits per heavy atom. The Balaban J connectivity index is 1.30. The van der Waals surface area contributed by atoms with E-state index >= 15 is 0 Å². The zero-order valence-corrected chi connectivity index (χ0v) is 28.5. The van der Waals surface area contributed by atoms with E-state index in [1.807, 2.05) is 30.5 Å². The molecule has 0 fully saturated rings. The smallest absolute Gasteiger partial charge is 0.251 e. The van der Waals surface area contributed by atoms with Gasteiger partial charge in [-0.25, -0.2) is 18.4 Å². The summed E-state index contributed by atoms with van der Waals surface area (Å²) in [6, 6.07) is 21.1. The average molecular weight is 662 g/mol. The SMILES string of the molecule is CCS(=O)(=O)c1ccc(C(NC(C)=O)C(=O)Nc2ccc(C3N=C4N=CC(C)=C5C=CC=CC45N3C(C)c3ccc(C)cc3)cc2)cc1. The molecule has 2 heterocycles. The van der Waals surface area contributed by atoms with Crippen LogP contribution >= 0.6 is 0 Å². The van der Waals surface area contributed by atoms with E-state index < -0.39 is 33.2 Å². The van der Waals surface area contributed by atoms with Crippen molar-refractivity contribution in [2.75, 3.05) is 11.1 Å². The predicted molar refractivity (Wildman–Crippen MR) is 190 cm³/mol. The summed E-state index contributed by atoms with van der Waals surface area (Å²) < 4.78 is 24.6. The largest absolute Gasteiger partial charge is 0.341 e. The van der Waals surface area contributed by atoms with Crippen molar-refractivity contribution in [2.24, 2.45) is 9.98 Å². The number of amides is 2.